The third kappa shape index (κ3) is 10.3. The Balaban J connectivity index is 1.52. The molecule has 298 valence electrons. The number of benzene rings is 2. The highest BCUT2D eigenvalue weighted by Gasteiger charge is 2.44. The molecular formula is C38H48F3N7O7. The van der Waals surface area contributed by atoms with Crippen molar-refractivity contribution in [2.24, 2.45) is 11.3 Å². The Morgan fingerprint density at radius 1 is 1.13 bits per heavy atom. The van der Waals surface area contributed by atoms with E-state index in [1.165, 1.54) is 23.2 Å². The fraction of sp³-hybridized carbons (Fsp3) is 0.500. The van der Waals surface area contributed by atoms with Crippen LogP contribution in [0.5, 0.6) is 5.75 Å². The molecule has 0 radical (unpaired) electrons. The largest absolute Gasteiger partial charge is 0.508 e. The van der Waals surface area contributed by atoms with Gasteiger partial charge in [-0.15, -0.1) is 0 Å². The molecule has 2 aliphatic rings. The maximum Gasteiger partial charge on any atom is 0.407 e. The standard InChI is InChI=1S/C38H48F3N7O7/c1-23(22-49)44-36(53)48(20-25-17-42-18-30(25)41)34(38(2,3)11-14-55-37(54)43-12-13-47-32(51)9-10-33(47)52)35-45-31(28-16-26(39)7-8-29(28)40)21-46(35)19-24-5-4-6-27(50)15-24/h4-8,15-16,21,23,25,30,34,42,49-50H,9-14,17-20,22H2,1-3H3,(H,43,54)(H,44,53)/t23-,25-,30-,34-/m0/s1. The van der Waals surface area contributed by atoms with Crippen LogP contribution in [0.15, 0.2) is 48.7 Å². The maximum absolute atomic E-state index is 15.3. The molecule has 2 saturated heterocycles. The Labute approximate surface area is 317 Å². The van der Waals surface area contributed by atoms with E-state index in [0.717, 1.165) is 23.1 Å². The van der Waals surface area contributed by atoms with Crippen LogP contribution in [0.1, 0.15) is 57.5 Å². The lowest BCUT2D eigenvalue weighted by molar-refractivity contribution is -0.138. The summed E-state index contributed by atoms with van der Waals surface area (Å²) in [6.07, 6.45) is -0.219. The molecule has 2 fully saturated rings. The topological polar surface area (TPSA) is 178 Å². The van der Waals surface area contributed by atoms with Gasteiger partial charge in [-0.1, -0.05) is 26.0 Å². The number of halogens is 3. The van der Waals surface area contributed by atoms with Crippen LogP contribution in [-0.2, 0) is 20.9 Å². The average molecular weight is 772 g/mol. The lowest BCUT2D eigenvalue weighted by Crippen LogP contribution is -2.52. The van der Waals surface area contributed by atoms with Crippen LogP contribution in [0.2, 0.25) is 0 Å². The van der Waals surface area contributed by atoms with Gasteiger partial charge in [0, 0.05) is 69.8 Å². The third-order valence-electron chi connectivity index (χ3n) is 9.90. The molecule has 0 bridgehead atoms. The molecule has 14 nitrogen and oxygen atoms in total. The lowest BCUT2D eigenvalue weighted by Gasteiger charge is -2.43. The van der Waals surface area contributed by atoms with Crippen molar-refractivity contribution in [3.05, 3.63) is 71.7 Å². The minimum Gasteiger partial charge on any atom is -0.508 e. The van der Waals surface area contributed by atoms with Gasteiger partial charge in [-0.25, -0.2) is 27.7 Å². The Morgan fingerprint density at radius 3 is 2.55 bits per heavy atom. The van der Waals surface area contributed by atoms with Crippen molar-refractivity contribution in [2.75, 3.05) is 45.9 Å². The zero-order chi connectivity index (χ0) is 39.9. The molecule has 55 heavy (non-hydrogen) atoms. The van der Waals surface area contributed by atoms with Gasteiger partial charge < -0.3 is 40.4 Å². The molecule has 5 rings (SSSR count). The van der Waals surface area contributed by atoms with Crippen molar-refractivity contribution >= 4 is 23.9 Å². The number of phenols is 1. The van der Waals surface area contributed by atoms with Gasteiger partial charge in [0.2, 0.25) is 11.8 Å². The second kappa shape index (κ2) is 18.0. The van der Waals surface area contributed by atoms with E-state index in [1.54, 1.807) is 37.5 Å². The first-order chi connectivity index (χ1) is 26.2. The summed E-state index contributed by atoms with van der Waals surface area (Å²) in [5, 5.41) is 28.4. The predicted molar refractivity (Wildman–Crippen MR) is 194 cm³/mol. The van der Waals surface area contributed by atoms with Crippen molar-refractivity contribution in [1.82, 2.24) is 35.3 Å². The number of carbonyl (C=O) groups excluding carboxylic acids is 4. The van der Waals surface area contributed by atoms with Crippen molar-refractivity contribution < 1.29 is 47.3 Å². The van der Waals surface area contributed by atoms with Gasteiger partial charge in [0.25, 0.3) is 0 Å². The molecule has 3 heterocycles. The SMILES string of the molecule is C[C@@H](CO)NC(=O)N(C[C@@H]1CNC[C@@H]1F)[C@@H](c1nc(-c2cc(F)ccc2F)cn1Cc1cccc(O)c1)C(C)(C)CCOC(=O)NCCN1C(=O)CCC1=O. The summed E-state index contributed by atoms with van der Waals surface area (Å²) in [4.78, 5) is 58.1. The maximum atomic E-state index is 15.3. The smallest absolute Gasteiger partial charge is 0.407 e. The summed E-state index contributed by atoms with van der Waals surface area (Å²) >= 11 is 0. The number of rotatable bonds is 16. The average Bonchev–Trinajstić information content (AvgIpc) is 3.83. The molecule has 2 aromatic carbocycles. The van der Waals surface area contributed by atoms with Gasteiger partial charge in [-0.3, -0.25) is 14.5 Å². The van der Waals surface area contributed by atoms with Gasteiger partial charge in [0.15, 0.2) is 0 Å². The van der Waals surface area contributed by atoms with Crippen LogP contribution in [0.3, 0.4) is 0 Å². The molecule has 4 atom stereocenters. The number of phenolic OH excluding ortho intramolecular Hbond substituents is 1. The first-order valence-corrected chi connectivity index (χ1v) is 18.2. The number of carbonyl (C=O) groups is 4. The Hall–Kier alpha value is -5.16. The number of hydrogen-bond acceptors (Lipinski definition) is 9. The minimum absolute atomic E-state index is 0.00164. The summed E-state index contributed by atoms with van der Waals surface area (Å²) in [5.74, 6) is -2.51. The van der Waals surface area contributed by atoms with Crippen molar-refractivity contribution in [1.29, 1.82) is 0 Å². The third-order valence-corrected chi connectivity index (χ3v) is 9.90. The van der Waals surface area contributed by atoms with Gasteiger partial charge in [-0.05, 0) is 54.7 Å². The van der Waals surface area contributed by atoms with Gasteiger partial charge in [-0.2, -0.15) is 0 Å². The van der Waals surface area contributed by atoms with E-state index in [2.05, 4.69) is 16.0 Å². The summed E-state index contributed by atoms with van der Waals surface area (Å²) in [6.45, 7) is 4.93. The van der Waals surface area contributed by atoms with E-state index < -0.39 is 53.3 Å². The first kappa shape index (κ1) is 41.0. The molecule has 17 heteroatoms. The van der Waals surface area contributed by atoms with E-state index in [9.17, 15) is 33.8 Å². The summed E-state index contributed by atoms with van der Waals surface area (Å²) in [5.41, 5.74) is -0.508. The van der Waals surface area contributed by atoms with Crippen LogP contribution in [0, 0.1) is 23.0 Å². The normalized spacial score (nSPS) is 18.3. The van der Waals surface area contributed by atoms with Crippen LogP contribution in [0.25, 0.3) is 11.3 Å². The Bertz CT molecular complexity index is 1840. The molecule has 1 aromatic heterocycles. The number of hydrogen-bond donors (Lipinski definition) is 5. The van der Waals surface area contributed by atoms with Crippen molar-refractivity contribution in [3.63, 3.8) is 0 Å². The first-order valence-electron chi connectivity index (χ1n) is 18.2. The molecule has 2 aliphatic heterocycles. The summed E-state index contributed by atoms with van der Waals surface area (Å²) < 4.78 is 52.2. The number of ether oxygens (including phenoxy) is 1. The number of amides is 5. The molecular weight excluding hydrogens is 723 g/mol. The van der Waals surface area contributed by atoms with E-state index >= 15 is 8.78 Å². The van der Waals surface area contributed by atoms with Crippen LogP contribution < -0.4 is 16.0 Å². The molecule has 0 spiro atoms. The molecule has 0 saturated carbocycles. The van der Waals surface area contributed by atoms with Gasteiger partial charge >= 0.3 is 12.1 Å². The number of alkyl halides is 1. The predicted octanol–water partition coefficient (Wildman–Crippen LogP) is 3.86. The van der Waals surface area contributed by atoms with E-state index in [-0.39, 0.29) is 106 Å². The van der Waals surface area contributed by atoms with Crippen LogP contribution in [0.4, 0.5) is 22.8 Å². The molecule has 3 aromatic rings. The number of imidazole rings is 1. The monoisotopic (exact) mass is 771 g/mol. The number of alkyl carbamates (subject to hydrolysis) is 1. The van der Waals surface area contributed by atoms with E-state index in [1.807, 2.05) is 0 Å². The Morgan fingerprint density at radius 2 is 1.87 bits per heavy atom. The number of likely N-dealkylation sites (tertiary alicyclic amines) is 1. The number of aromatic hydroxyl groups is 1. The minimum atomic E-state index is -1.29. The van der Waals surface area contributed by atoms with Crippen LogP contribution >= 0.6 is 0 Å². The molecule has 5 amide bonds. The number of nitrogens with one attached hydrogen (secondary N) is 3. The van der Waals surface area contributed by atoms with Gasteiger partial charge in [0.05, 0.1) is 31.0 Å². The number of imide groups is 1. The highest BCUT2D eigenvalue weighted by Crippen LogP contribution is 2.43. The lowest BCUT2D eigenvalue weighted by atomic mass is 9.79. The zero-order valence-corrected chi connectivity index (χ0v) is 31.1. The van der Waals surface area contributed by atoms with E-state index in [0.29, 0.717) is 5.56 Å². The highest BCUT2D eigenvalue weighted by molar-refractivity contribution is 6.01. The number of nitrogens with zero attached hydrogens (tertiary/aromatic N) is 4. The van der Waals surface area contributed by atoms with Crippen molar-refractivity contribution in [3.8, 4) is 17.0 Å². The zero-order valence-electron chi connectivity index (χ0n) is 31.1. The number of aliphatic hydroxyl groups excluding tert-OH is 1. The second-order valence-electron chi connectivity index (χ2n) is 14.7. The molecule has 0 unspecified atom stereocenters. The van der Waals surface area contributed by atoms with E-state index in [4.69, 9.17) is 9.72 Å². The highest BCUT2D eigenvalue weighted by atomic mass is 19.1. The number of urea groups is 1. The molecule has 0 aliphatic carbocycles. The quantitative estimate of drug-likeness (QED) is 0.135. The van der Waals surface area contributed by atoms with Crippen molar-refractivity contribution in [2.45, 2.75) is 64.8 Å². The second-order valence-corrected chi connectivity index (χ2v) is 14.7. The summed E-state index contributed by atoms with van der Waals surface area (Å²) in [6, 6.07) is 7.01. The fourth-order valence-electron chi connectivity index (χ4n) is 6.88. The Kier molecular flexibility index (Phi) is 13.4. The van der Waals surface area contributed by atoms with Crippen LogP contribution in [-0.4, -0.2) is 112 Å². The number of aliphatic hydroxyl groups is 1. The summed E-state index contributed by atoms with van der Waals surface area (Å²) in [7, 11) is 0. The fourth-order valence-corrected chi connectivity index (χ4v) is 6.88. The number of aromatic nitrogens is 2. The van der Waals surface area contributed by atoms with Gasteiger partial charge in [0.1, 0.15) is 29.4 Å². The molecule has 5 N–H and O–H groups in total.